The van der Waals surface area contributed by atoms with Crippen LogP contribution >= 0.6 is 0 Å². The van der Waals surface area contributed by atoms with Crippen LogP contribution in [-0.4, -0.2) is 4.57 Å². The zero-order valence-electron chi connectivity index (χ0n) is 46.8. The number of fused-ring (bicyclic) bond motifs is 6. The van der Waals surface area contributed by atoms with Gasteiger partial charge < -0.3 is 9.47 Å². The summed E-state index contributed by atoms with van der Waals surface area (Å²) in [6, 6.07) is 91.8. The van der Waals surface area contributed by atoms with Gasteiger partial charge in [0, 0.05) is 38.8 Å². The first-order valence-corrected chi connectivity index (χ1v) is 26.4. The van der Waals surface area contributed by atoms with Gasteiger partial charge in [-0.15, -0.1) is 0 Å². The smallest absolute Gasteiger partial charge is 0.0645 e. The third-order valence-electron chi connectivity index (χ3n) is 15.7. The number of hydrogen-bond donors (Lipinski definition) is 0. The van der Waals surface area contributed by atoms with Crippen molar-refractivity contribution in [3.63, 3.8) is 0 Å². The molecule has 0 saturated heterocycles. The van der Waals surface area contributed by atoms with Crippen molar-refractivity contribution in [2.75, 3.05) is 4.90 Å². The first-order chi connectivity index (χ1) is 39.6. The van der Waals surface area contributed by atoms with Crippen molar-refractivity contribution in [2.45, 2.75) is 19.3 Å². The van der Waals surface area contributed by atoms with Gasteiger partial charge in [0.1, 0.15) is 0 Å². The second-order valence-electron chi connectivity index (χ2n) is 20.6. The molecule has 2 heteroatoms. The van der Waals surface area contributed by atoms with Gasteiger partial charge in [0.25, 0.3) is 0 Å². The van der Waals surface area contributed by atoms with E-state index < -0.39 is 0 Å². The first kappa shape index (κ1) is 41.6. The highest BCUT2D eigenvalue weighted by Crippen LogP contribution is 2.51. The maximum Gasteiger partial charge on any atom is 0.0645 e. The number of nitrogens with zero attached hydrogens (tertiary/aromatic N) is 2. The van der Waals surface area contributed by atoms with Gasteiger partial charge in [-0.3, -0.25) is 0 Å². The number of benzene rings is 12. The van der Waals surface area contributed by atoms with E-state index in [0.717, 1.165) is 88.8 Å². The predicted octanol–water partition coefficient (Wildman–Crippen LogP) is 20.6. The van der Waals surface area contributed by atoms with Crippen molar-refractivity contribution in [3.05, 3.63) is 302 Å². The summed E-state index contributed by atoms with van der Waals surface area (Å²) in [7, 11) is 0. The Labute approximate surface area is 456 Å². The van der Waals surface area contributed by atoms with Crippen LogP contribution in [0.5, 0.6) is 0 Å². The molecule has 0 aliphatic heterocycles. The lowest BCUT2D eigenvalue weighted by molar-refractivity contribution is 0.660. The van der Waals surface area contributed by atoms with Crippen molar-refractivity contribution in [1.82, 2.24) is 4.57 Å². The Balaban J connectivity index is 1.00. The van der Waals surface area contributed by atoms with E-state index in [-0.39, 0.29) is 40.8 Å². The SMILES string of the molecule is [2H]c1c([2H])c(N(c2ccc(-c3ccccc3)cc2)c2ccc(-c3ccccc3)cc2-c2ccccc2)c([2H])c([2H])c1-c1cc(-c2ccc3c(c2)C(C)(C)c2ccccc2-3)cc(-c2cccc3c2c2ccccc2n3-c2ccccc2)c1. The van der Waals surface area contributed by atoms with Crippen LogP contribution < -0.4 is 4.90 Å². The van der Waals surface area contributed by atoms with E-state index in [1.54, 1.807) is 0 Å². The van der Waals surface area contributed by atoms with Gasteiger partial charge in [-0.1, -0.05) is 220 Å². The van der Waals surface area contributed by atoms with Crippen LogP contribution in [0.25, 0.3) is 105 Å². The van der Waals surface area contributed by atoms with Crippen LogP contribution in [-0.2, 0) is 5.41 Å². The fraction of sp³-hybridized carbons (Fsp3) is 0.0400. The van der Waals surface area contributed by atoms with Crippen LogP contribution in [0.3, 0.4) is 0 Å². The quantitative estimate of drug-likeness (QED) is 0.133. The Morgan fingerprint density at radius 1 is 0.325 bits per heavy atom. The fourth-order valence-corrected chi connectivity index (χ4v) is 11.9. The van der Waals surface area contributed by atoms with Gasteiger partial charge in [0.05, 0.1) is 22.2 Å². The Morgan fingerprint density at radius 3 is 1.57 bits per heavy atom. The van der Waals surface area contributed by atoms with Gasteiger partial charge in [0.2, 0.25) is 0 Å². The lowest BCUT2D eigenvalue weighted by Gasteiger charge is -2.29. The van der Waals surface area contributed by atoms with E-state index in [2.05, 4.69) is 213 Å². The molecule has 0 unspecified atom stereocenters. The van der Waals surface area contributed by atoms with Crippen LogP contribution in [0.1, 0.15) is 30.5 Å². The molecule has 1 heterocycles. The average molecular weight is 987 g/mol. The highest BCUT2D eigenvalue weighted by Gasteiger charge is 2.35. The molecule has 13 aromatic rings. The van der Waals surface area contributed by atoms with Gasteiger partial charge in [-0.25, -0.2) is 0 Å². The van der Waals surface area contributed by atoms with Crippen molar-refractivity contribution < 1.29 is 5.48 Å². The third-order valence-corrected chi connectivity index (χ3v) is 15.7. The third kappa shape index (κ3) is 8.05. The van der Waals surface area contributed by atoms with Gasteiger partial charge in [-0.05, 0) is 168 Å². The summed E-state index contributed by atoms with van der Waals surface area (Å²) in [5, 5.41) is 2.19. The van der Waals surface area contributed by atoms with E-state index in [0.29, 0.717) is 11.3 Å². The molecule has 0 amide bonds. The van der Waals surface area contributed by atoms with E-state index in [1.807, 2.05) is 77.7 Å². The maximum absolute atomic E-state index is 10.3. The molecule has 12 aromatic carbocycles. The minimum atomic E-state index is -0.248. The van der Waals surface area contributed by atoms with Gasteiger partial charge >= 0.3 is 0 Å². The summed E-state index contributed by atoms with van der Waals surface area (Å²) in [5.41, 5.74) is 20.1. The van der Waals surface area contributed by atoms with E-state index in [1.165, 1.54) is 22.3 Å². The predicted molar refractivity (Wildman–Crippen MR) is 326 cm³/mol. The van der Waals surface area contributed by atoms with Crippen molar-refractivity contribution in [3.8, 4) is 83.6 Å². The summed E-state index contributed by atoms with van der Waals surface area (Å²) < 4.78 is 43.3. The zero-order chi connectivity index (χ0) is 54.9. The molecule has 1 aromatic heterocycles. The van der Waals surface area contributed by atoms with Crippen LogP contribution in [0.2, 0.25) is 0 Å². The second kappa shape index (κ2) is 18.9. The molecule has 0 N–H and O–H groups in total. The summed E-state index contributed by atoms with van der Waals surface area (Å²) in [5.74, 6) is 0. The topological polar surface area (TPSA) is 8.17 Å². The maximum atomic E-state index is 10.3. The summed E-state index contributed by atoms with van der Waals surface area (Å²) in [6.45, 7) is 4.58. The average Bonchev–Trinajstić information content (AvgIpc) is 4.24. The van der Waals surface area contributed by atoms with E-state index in [4.69, 9.17) is 0 Å². The largest absolute Gasteiger partial charge is 0.310 e. The normalized spacial score (nSPS) is 13.1. The highest BCUT2D eigenvalue weighted by atomic mass is 15.1. The molecule has 1 aliphatic rings. The first-order valence-electron chi connectivity index (χ1n) is 28.4. The van der Waals surface area contributed by atoms with Crippen molar-refractivity contribution in [2.24, 2.45) is 0 Å². The Hall–Kier alpha value is -9.76. The molecule has 0 spiro atoms. The monoisotopic (exact) mass is 986 g/mol. The van der Waals surface area contributed by atoms with E-state index >= 15 is 0 Å². The number of para-hydroxylation sites is 2. The van der Waals surface area contributed by atoms with Crippen LogP contribution in [0.15, 0.2) is 291 Å². The molecule has 0 bridgehead atoms. The number of anilines is 3. The van der Waals surface area contributed by atoms with Crippen molar-refractivity contribution in [1.29, 1.82) is 0 Å². The van der Waals surface area contributed by atoms with Gasteiger partial charge in [-0.2, -0.15) is 0 Å². The molecule has 77 heavy (non-hydrogen) atoms. The van der Waals surface area contributed by atoms with Crippen molar-refractivity contribution >= 4 is 38.9 Å². The lowest BCUT2D eigenvalue weighted by Crippen LogP contribution is -2.14. The van der Waals surface area contributed by atoms with E-state index in [9.17, 15) is 5.48 Å². The molecule has 0 radical (unpaired) electrons. The minimum absolute atomic E-state index is 0.133. The highest BCUT2D eigenvalue weighted by molar-refractivity contribution is 6.16. The summed E-state index contributed by atoms with van der Waals surface area (Å²) >= 11 is 0. The molecular weight excluding hydrogens is 929 g/mol. The summed E-state index contributed by atoms with van der Waals surface area (Å²) in [6.07, 6.45) is 0. The Morgan fingerprint density at radius 2 is 0.844 bits per heavy atom. The molecule has 1 aliphatic carbocycles. The summed E-state index contributed by atoms with van der Waals surface area (Å²) in [4.78, 5) is 1.92. The zero-order valence-corrected chi connectivity index (χ0v) is 42.8. The minimum Gasteiger partial charge on any atom is -0.310 e. The molecule has 14 rings (SSSR count). The molecule has 0 saturated carbocycles. The van der Waals surface area contributed by atoms with Crippen LogP contribution in [0.4, 0.5) is 17.1 Å². The standard InChI is InChI=1S/C75H54N2/c1-75(2)69-31-17-15-28-65(69)66-44-38-57(50-70(66)75)59-46-58(47-60(48-59)64-30-19-33-73-74(64)67-29-16-18-32-71(67)77(73)61-26-13-6-14-27-61)54-36-42-63(43-37-54)76(62-40-34-53(35-41-62)51-20-7-3-8-21-51)72-45-39-56(52-22-9-4-10-23-52)49-68(72)55-24-11-5-12-25-55/h3-50H,1-2H3/i36D,37D,42D,43D. The lowest BCUT2D eigenvalue weighted by atomic mass is 9.81. The Kier molecular flexibility index (Phi) is 10.2. The molecular formula is C75H54N2. The molecule has 0 atom stereocenters. The number of aromatic nitrogens is 1. The van der Waals surface area contributed by atoms with Crippen LogP contribution in [0, 0.1) is 0 Å². The molecule has 364 valence electrons. The number of hydrogen-bond acceptors (Lipinski definition) is 1. The molecule has 0 fully saturated rings. The Bertz CT molecular complexity index is 4540. The van der Waals surface area contributed by atoms with Gasteiger partial charge in [0.15, 0.2) is 0 Å². The fourth-order valence-electron chi connectivity index (χ4n) is 11.9. The number of rotatable bonds is 10. The second-order valence-corrected chi connectivity index (χ2v) is 20.6. The molecule has 2 nitrogen and oxygen atoms in total.